The van der Waals surface area contributed by atoms with Crippen molar-refractivity contribution in [1.29, 1.82) is 0 Å². The Kier molecular flexibility index (Phi) is 5.31. The van der Waals surface area contributed by atoms with Crippen molar-refractivity contribution in [2.75, 3.05) is 23.9 Å². The van der Waals surface area contributed by atoms with E-state index in [1.54, 1.807) is 17.1 Å². The first kappa shape index (κ1) is 23.3. The van der Waals surface area contributed by atoms with Crippen molar-refractivity contribution in [3.8, 4) is 5.69 Å². The van der Waals surface area contributed by atoms with Gasteiger partial charge in [-0.15, -0.1) is 0 Å². The second-order valence-corrected chi connectivity index (χ2v) is 12.9. The van der Waals surface area contributed by atoms with Gasteiger partial charge in [-0.3, -0.25) is 9.78 Å². The number of aromatic nitrogens is 5. The maximum atomic E-state index is 12.8. The molecule has 0 aliphatic heterocycles. The summed E-state index contributed by atoms with van der Waals surface area (Å²) in [6, 6.07) is 9.85. The summed E-state index contributed by atoms with van der Waals surface area (Å²) in [6.07, 6.45) is 7.61. The van der Waals surface area contributed by atoms with Gasteiger partial charge >= 0.3 is 0 Å². The molecule has 2 N–H and O–H groups in total. The molecular weight excluding hydrogens is 546 g/mol. The predicted molar refractivity (Wildman–Crippen MR) is 140 cm³/mol. The number of nitrogens with zero attached hydrogens (tertiary/aromatic N) is 5. The van der Waals surface area contributed by atoms with Crippen LogP contribution in [0.25, 0.3) is 27.6 Å². The summed E-state index contributed by atoms with van der Waals surface area (Å²) in [7, 11) is -3.11. The molecule has 7 rings (SSSR count). The van der Waals surface area contributed by atoms with Crippen molar-refractivity contribution in [1.82, 2.24) is 30.0 Å². The maximum absolute atomic E-state index is 12.8. The smallest absolute Gasteiger partial charge is 0.226 e. The first-order valence-electron chi connectivity index (χ1n) is 11.7. The zero-order chi connectivity index (χ0) is 25.1. The zero-order valence-electron chi connectivity index (χ0n) is 19.5. The second kappa shape index (κ2) is 8.20. The van der Waals surface area contributed by atoms with E-state index in [9.17, 15) is 13.2 Å². The van der Waals surface area contributed by atoms with Gasteiger partial charge in [-0.2, -0.15) is 10.1 Å². The minimum absolute atomic E-state index is 0.0526. The Morgan fingerprint density at radius 3 is 2.83 bits per heavy atom. The van der Waals surface area contributed by atoms with Gasteiger partial charge in [-0.05, 0) is 65.9 Å². The third-order valence-electron chi connectivity index (χ3n) is 7.26. The minimum atomic E-state index is -3.11. The largest absolute Gasteiger partial charge is 0.355 e. The molecule has 1 amide bonds. The number of pyridine rings is 1. The molecule has 3 heterocycles. The fourth-order valence-electron chi connectivity index (χ4n) is 5.58. The van der Waals surface area contributed by atoms with Gasteiger partial charge in [0.1, 0.15) is 14.4 Å². The van der Waals surface area contributed by atoms with E-state index in [4.69, 9.17) is 4.98 Å². The van der Waals surface area contributed by atoms with E-state index in [-0.39, 0.29) is 23.7 Å². The summed E-state index contributed by atoms with van der Waals surface area (Å²) in [5.74, 6) is 0.375. The molecule has 4 aromatic rings. The standard InChI is InChI=1S/C24H24BrN7O3S/c1-36(34,35)10-9-27-21(33)23-6-7-24(13-23,14-23)30-22-28-12-17-19(25)31-32(20(17)29-22)16-4-5-18-15(11-16)3-2-8-26-18/h2-5,8,11-12H,6-7,9-10,13-14H2,1H3,(H,27,33)(H,28,29,30). The van der Waals surface area contributed by atoms with Crippen LogP contribution in [0, 0.1) is 5.41 Å². The highest BCUT2D eigenvalue weighted by Gasteiger charge is 2.64. The summed E-state index contributed by atoms with van der Waals surface area (Å²) < 4.78 is 25.2. The summed E-state index contributed by atoms with van der Waals surface area (Å²) in [5, 5.41) is 12.7. The van der Waals surface area contributed by atoms with Gasteiger partial charge in [0, 0.05) is 36.1 Å². The van der Waals surface area contributed by atoms with Gasteiger partial charge in [-0.1, -0.05) is 6.07 Å². The lowest BCUT2D eigenvalue weighted by Gasteiger charge is -2.46. The number of fused-ring (bicyclic) bond motifs is 3. The summed E-state index contributed by atoms with van der Waals surface area (Å²) in [6.45, 7) is 0.142. The Balaban J connectivity index is 1.22. The molecule has 10 nitrogen and oxygen atoms in total. The van der Waals surface area contributed by atoms with Crippen molar-refractivity contribution in [2.45, 2.75) is 31.2 Å². The van der Waals surface area contributed by atoms with Crippen molar-refractivity contribution >= 4 is 59.6 Å². The number of benzene rings is 1. The highest BCUT2D eigenvalue weighted by molar-refractivity contribution is 9.10. The highest BCUT2D eigenvalue weighted by atomic mass is 79.9. The Morgan fingerprint density at radius 1 is 1.19 bits per heavy atom. The van der Waals surface area contributed by atoms with Gasteiger partial charge in [0.15, 0.2) is 5.65 Å². The van der Waals surface area contributed by atoms with Crippen LogP contribution >= 0.6 is 15.9 Å². The number of hydrogen-bond acceptors (Lipinski definition) is 8. The van der Waals surface area contributed by atoms with Crippen LogP contribution in [0.15, 0.2) is 47.3 Å². The third kappa shape index (κ3) is 4.01. The summed E-state index contributed by atoms with van der Waals surface area (Å²) in [5.41, 5.74) is 1.75. The zero-order valence-corrected chi connectivity index (χ0v) is 21.9. The van der Waals surface area contributed by atoms with E-state index in [0.717, 1.165) is 34.8 Å². The summed E-state index contributed by atoms with van der Waals surface area (Å²) >= 11 is 3.52. The number of rotatable bonds is 7. The molecule has 0 radical (unpaired) electrons. The van der Waals surface area contributed by atoms with E-state index in [0.29, 0.717) is 29.0 Å². The number of sulfone groups is 1. The fraction of sp³-hybridized carbons (Fsp3) is 0.375. The normalized spacial score (nSPS) is 23.1. The van der Waals surface area contributed by atoms with Crippen LogP contribution in [-0.2, 0) is 14.6 Å². The highest BCUT2D eigenvalue weighted by Crippen LogP contribution is 2.62. The Labute approximate surface area is 216 Å². The average Bonchev–Trinajstić information content (AvgIpc) is 3.48. The van der Waals surface area contributed by atoms with Gasteiger partial charge in [-0.25, -0.2) is 18.1 Å². The third-order valence-corrected chi connectivity index (χ3v) is 8.79. The van der Waals surface area contributed by atoms with Crippen LogP contribution in [0.2, 0.25) is 0 Å². The van der Waals surface area contributed by atoms with Crippen molar-refractivity contribution in [3.63, 3.8) is 0 Å². The van der Waals surface area contributed by atoms with Crippen LogP contribution in [-0.4, -0.2) is 63.1 Å². The average molecular weight is 570 g/mol. The molecule has 0 unspecified atom stereocenters. The monoisotopic (exact) mass is 569 g/mol. The molecule has 12 heteroatoms. The molecule has 1 aromatic carbocycles. The minimum Gasteiger partial charge on any atom is -0.355 e. The van der Waals surface area contributed by atoms with E-state index >= 15 is 0 Å². The Morgan fingerprint density at radius 2 is 2.03 bits per heavy atom. The SMILES string of the molecule is CS(=O)(=O)CCNC(=O)C12CCC(Nc3ncc4c(Br)nn(-c5ccc6ncccc6c5)c4n3)(C1)C2. The van der Waals surface area contributed by atoms with Crippen LogP contribution < -0.4 is 10.6 Å². The van der Waals surface area contributed by atoms with Crippen molar-refractivity contribution < 1.29 is 13.2 Å². The van der Waals surface area contributed by atoms with Crippen molar-refractivity contribution in [3.05, 3.63) is 47.3 Å². The second-order valence-electron chi connectivity index (χ2n) is 9.94. The molecule has 3 aliphatic rings. The molecule has 0 atom stereocenters. The van der Waals surface area contributed by atoms with E-state index in [1.807, 2.05) is 30.3 Å². The van der Waals surface area contributed by atoms with E-state index in [1.165, 1.54) is 6.26 Å². The molecule has 2 bridgehead atoms. The topological polar surface area (TPSA) is 132 Å². The number of carbonyl (C=O) groups is 1. The van der Waals surface area contributed by atoms with Crippen LogP contribution in [0.5, 0.6) is 0 Å². The number of amides is 1. The quantitative estimate of drug-likeness (QED) is 0.347. The lowest BCUT2D eigenvalue weighted by molar-refractivity contribution is -0.135. The van der Waals surface area contributed by atoms with Crippen LogP contribution in [0.4, 0.5) is 5.95 Å². The van der Waals surface area contributed by atoms with E-state index in [2.05, 4.69) is 41.6 Å². The van der Waals surface area contributed by atoms with Crippen LogP contribution in [0.1, 0.15) is 25.7 Å². The van der Waals surface area contributed by atoms with E-state index < -0.39 is 15.3 Å². The lowest BCUT2D eigenvalue weighted by atomic mass is 9.64. The number of nitrogens with one attached hydrogen (secondary N) is 2. The maximum Gasteiger partial charge on any atom is 0.226 e. The molecule has 0 saturated heterocycles. The molecular formula is C24H24BrN7O3S. The molecule has 186 valence electrons. The van der Waals surface area contributed by atoms with Gasteiger partial charge < -0.3 is 10.6 Å². The van der Waals surface area contributed by atoms with Crippen LogP contribution in [0.3, 0.4) is 0 Å². The number of anilines is 1. The number of halogens is 1. The molecule has 0 spiro atoms. The Hall–Kier alpha value is -3.12. The van der Waals surface area contributed by atoms with Gasteiger partial charge in [0.05, 0.1) is 27.8 Å². The molecule has 3 fully saturated rings. The van der Waals surface area contributed by atoms with Gasteiger partial charge in [0.25, 0.3) is 0 Å². The molecule has 36 heavy (non-hydrogen) atoms. The molecule has 3 saturated carbocycles. The lowest BCUT2D eigenvalue weighted by Crippen LogP contribution is -2.55. The first-order valence-corrected chi connectivity index (χ1v) is 14.5. The number of hydrogen-bond donors (Lipinski definition) is 2. The molecule has 3 aliphatic carbocycles. The predicted octanol–water partition coefficient (Wildman–Crippen LogP) is 3.01. The Bertz CT molecular complexity index is 1630. The summed E-state index contributed by atoms with van der Waals surface area (Å²) in [4.78, 5) is 26.5. The fourth-order valence-corrected chi connectivity index (χ4v) is 6.49. The van der Waals surface area contributed by atoms with Gasteiger partial charge in [0.2, 0.25) is 11.9 Å². The molecule has 3 aromatic heterocycles. The first-order chi connectivity index (χ1) is 17.2. The van der Waals surface area contributed by atoms with Crippen molar-refractivity contribution in [2.24, 2.45) is 5.41 Å². The number of carbonyl (C=O) groups excluding carboxylic acids is 1.